The van der Waals surface area contributed by atoms with E-state index in [9.17, 15) is 9.59 Å². The Balaban J connectivity index is 2.41. The summed E-state index contributed by atoms with van der Waals surface area (Å²) in [5.41, 5.74) is 0.868. The quantitative estimate of drug-likeness (QED) is 0.769. The Morgan fingerprint density at radius 2 is 1.81 bits per heavy atom. The van der Waals surface area contributed by atoms with Crippen LogP contribution in [0.2, 0.25) is 0 Å². The summed E-state index contributed by atoms with van der Waals surface area (Å²) >= 11 is 0. The Morgan fingerprint density at radius 3 is 2.33 bits per heavy atom. The van der Waals surface area contributed by atoms with Gasteiger partial charge in [0, 0.05) is 6.54 Å². The summed E-state index contributed by atoms with van der Waals surface area (Å²) in [5, 5.41) is 11.4. The van der Waals surface area contributed by atoms with E-state index in [1.165, 1.54) is 0 Å². The minimum atomic E-state index is -0.915. The first-order chi connectivity index (χ1) is 9.88. The molecule has 2 N–H and O–H groups in total. The Morgan fingerprint density at radius 1 is 1.19 bits per heavy atom. The van der Waals surface area contributed by atoms with E-state index in [2.05, 4.69) is 19.2 Å². The lowest BCUT2D eigenvalue weighted by atomic mass is 10.1. The number of nitrogens with one attached hydrogen (secondary N) is 1. The van der Waals surface area contributed by atoms with Crippen LogP contribution in [0.5, 0.6) is 5.75 Å². The fourth-order valence-electron chi connectivity index (χ4n) is 1.57. The highest BCUT2D eigenvalue weighted by molar-refractivity contribution is 5.79. The lowest BCUT2D eigenvalue weighted by molar-refractivity contribution is -0.141. The molecule has 1 unspecified atom stereocenters. The molecule has 116 valence electrons. The maximum atomic E-state index is 11.7. The van der Waals surface area contributed by atoms with Crippen molar-refractivity contribution in [3.8, 4) is 5.75 Å². The fourth-order valence-corrected chi connectivity index (χ4v) is 1.57. The van der Waals surface area contributed by atoms with E-state index in [1.807, 2.05) is 24.3 Å². The van der Waals surface area contributed by atoms with Crippen molar-refractivity contribution in [2.45, 2.75) is 27.2 Å². The highest BCUT2D eigenvalue weighted by atomic mass is 16.5. The SMILES string of the molecule is CC(C)COc1ccc(CC(=O)NCC(C)C(=O)O)cc1. The molecule has 1 aromatic carbocycles. The normalized spacial score (nSPS) is 12.0. The molecule has 1 amide bonds. The number of hydrogen-bond donors (Lipinski definition) is 2. The zero-order valence-electron chi connectivity index (χ0n) is 12.8. The van der Waals surface area contributed by atoms with Crippen molar-refractivity contribution in [2.75, 3.05) is 13.2 Å². The molecule has 21 heavy (non-hydrogen) atoms. The third kappa shape index (κ3) is 6.79. The molecule has 0 radical (unpaired) electrons. The van der Waals surface area contributed by atoms with Gasteiger partial charge in [-0.3, -0.25) is 9.59 Å². The van der Waals surface area contributed by atoms with Crippen LogP contribution in [-0.4, -0.2) is 30.1 Å². The van der Waals surface area contributed by atoms with Gasteiger partial charge in [-0.2, -0.15) is 0 Å². The molecule has 1 aromatic rings. The molecule has 0 heterocycles. The molecule has 1 atom stereocenters. The summed E-state index contributed by atoms with van der Waals surface area (Å²) in [6.45, 7) is 6.52. The van der Waals surface area contributed by atoms with Gasteiger partial charge in [0.2, 0.25) is 5.91 Å². The van der Waals surface area contributed by atoms with Gasteiger partial charge in [-0.25, -0.2) is 0 Å². The second kappa shape index (κ2) is 8.29. The highest BCUT2D eigenvalue weighted by Crippen LogP contribution is 2.13. The number of benzene rings is 1. The van der Waals surface area contributed by atoms with Gasteiger partial charge in [0.1, 0.15) is 5.75 Å². The van der Waals surface area contributed by atoms with Gasteiger partial charge in [-0.05, 0) is 23.6 Å². The van der Waals surface area contributed by atoms with Crippen LogP contribution in [0.4, 0.5) is 0 Å². The van der Waals surface area contributed by atoms with Crippen molar-refractivity contribution in [1.29, 1.82) is 0 Å². The number of carbonyl (C=O) groups is 2. The maximum Gasteiger partial charge on any atom is 0.308 e. The first-order valence-electron chi connectivity index (χ1n) is 7.09. The molecule has 0 spiro atoms. The van der Waals surface area contributed by atoms with Crippen LogP contribution in [0.3, 0.4) is 0 Å². The standard InChI is InChI=1S/C16H23NO4/c1-11(2)10-21-14-6-4-13(5-7-14)8-15(18)17-9-12(3)16(19)20/h4-7,11-12H,8-10H2,1-3H3,(H,17,18)(H,19,20). The maximum absolute atomic E-state index is 11.7. The van der Waals surface area contributed by atoms with Gasteiger partial charge in [-0.15, -0.1) is 0 Å². The van der Waals surface area contributed by atoms with Crippen LogP contribution >= 0.6 is 0 Å². The summed E-state index contributed by atoms with van der Waals surface area (Å²) in [6.07, 6.45) is 0.233. The first kappa shape index (κ1) is 17.0. The van der Waals surface area contributed by atoms with E-state index in [0.717, 1.165) is 11.3 Å². The van der Waals surface area contributed by atoms with Crippen molar-refractivity contribution in [2.24, 2.45) is 11.8 Å². The zero-order chi connectivity index (χ0) is 15.8. The van der Waals surface area contributed by atoms with Crippen LogP contribution in [0.25, 0.3) is 0 Å². The highest BCUT2D eigenvalue weighted by Gasteiger charge is 2.12. The van der Waals surface area contributed by atoms with Crippen LogP contribution in [-0.2, 0) is 16.0 Å². The van der Waals surface area contributed by atoms with E-state index in [1.54, 1.807) is 6.92 Å². The van der Waals surface area contributed by atoms with E-state index < -0.39 is 11.9 Å². The summed E-state index contributed by atoms with van der Waals surface area (Å²) in [4.78, 5) is 22.4. The van der Waals surface area contributed by atoms with E-state index in [-0.39, 0.29) is 18.9 Å². The van der Waals surface area contributed by atoms with Gasteiger partial charge in [0.15, 0.2) is 0 Å². The molecular weight excluding hydrogens is 270 g/mol. The van der Waals surface area contributed by atoms with Gasteiger partial charge < -0.3 is 15.2 Å². The lowest BCUT2D eigenvalue weighted by Crippen LogP contribution is -2.32. The Kier molecular flexibility index (Phi) is 6.72. The fraction of sp³-hybridized carbons (Fsp3) is 0.500. The zero-order valence-corrected chi connectivity index (χ0v) is 12.8. The predicted molar refractivity (Wildman–Crippen MR) is 80.3 cm³/mol. The predicted octanol–water partition coefficient (Wildman–Crippen LogP) is 2.10. The van der Waals surface area contributed by atoms with Crippen molar-refractivity contribution in [3.05, 3.63) is 29.8 Å². The molecule has 5 heteroatoms. The molecule has 0 aliphatic heterocycles. The molecule has 5 nitrogen and oxygen atoms in total. The summed E-state index contributed by atoms with van der Waals surface area (Å²) < 4.78 is 5.57. The average molecular weight is 293 g/mol. The minimum absolute atomic E-state index is 0.143. The molecular formula is C16H23NO4. The molecule has 0 saturated heterocycles. The topological polar surface area (TPSA) is 75.6 Å². The van der Waals surface area contributed by atoms with E-state index in [0.29, 0.717) is 12.5 Å². The molecule has 0 aliphatic carbocycles. The van der Waals surface area contributed by atoms with Crippen LogP contribution in [0.15, 0.2) is 24.3 Å². The third-order valence-electron chi connectivity index (χ3n) is 2.90. The van der Waals surface area contributed by atoms with Crippen LogP contribution < -0.4 is 10.1 Å². The summed E-state index contributed by atoms with van der Waals surface area (Å²) in [7, 11) is 0. The minimum Gasteiger partial charge on any atom is -0.493 e. The first-order valence-corrected chi connectivity index (χ1v) is 7.09. The number of ether oxygens (including phenoxy) is 1. The number of hydrogen-bond acceptors (Lipinski definition) is 3. The summed E-state index contributed by atoms with van der Waals surface area (Å²) in [5.74, 6) is -0.430. The number of carbonyl (C=O) groups excluding carboxylic acids is 1. The average Bonchev–Trinajstić information content (AvgIpc) is 2.43. The number of amides is 1. The second-order valence-electron chi connectivity index (χ2n) is 5.57. The van der Waals surface area contributed by atoms with Gasteiger partial charge >= 0.3 is 5.97 Å². The van der Waals surface area contributed by atoms with Crippen molar-refractivity contribution >= 4 is 11.9 Å². The van der Waals surface area contributed by atoms with Gasteiger partial charge in [0.05, 0.1) is 18.9 Å². The van der Waals surface area contributed by atoms with Crippen molar-refractivity contribution in [3.63, 3.8) is 0 Å². The largest absolute Gasteiger partial charge is 0.493 e. The van der Waals surface area contributed by atoms with Crippen molar-refractivity contribution in [1.82, 2.24) is 5.32 Å². The Bertz CT molecular complexity index is 468. The Labute approximate surface area is 125 Å². The van der Waals surface area contributed by atoms with Crippen molar-refractivity contribution < 1.29 is 19.4 Å². The lowest BCUT2D eigenvalue weighted by Gasteiger charge is -2.10. The monoisotopic (exact) mass is 293 g/mol. The van der Waals surface area contributed by atoms with Gasteiger partial charge in [-0.1, -0.05) is 32.9 Å². The Hall–Kier alpha value is -2.04. The smallest absolute Gasteiger partial charge is 0.308 e. The molecule has 0 saturated carbocycles. The van der Waals surface area contributed by atoms with Gasteiger partial charge in [0.25, 0.3) is 0 Å². The van der Waals surface area contributed by atoms with E-state index in [4.69, 9.17) is 9.84 Å². The number of carboxylic acids is 1. The van der Waals surface area contributed by atoms with E-state index >= 15 is 0 Å². The third-order valence-corrected chi connectivity index (χ3v) is 2.90. The molecule has 0 aliphatic rings. The number of rotatable bonds is 8. The molecule has 1 rings (SSSR count). The molecule has 0 fully saturated rings. The molecule has 0 aromatic heterocycles. The second-order valence-corrected chi connectivity index (χ2v) is 5.57. The number of aliphatic carboxylic acids is 1. The summed E-state index contributed by atoms with van der Waals surface area (Å²) in [6, 6.07) is 7.36. The molecule has 0 bridgehead atoms. The van der Waals surface area contributed by atoms with Crippen LogP contribution in [0.1, 0.15) is 26.3 Å². The number of carboxylic acid groups (broad SMARTS) is 1. The van der Waals surface area contributed by atoms with Crippen LogP contribution in [0, 0.1) is 11.8 Å².